The molecular formula is C34H36O14. The van der Waals surface area contributed by atoms with Crippen LogP contribution < -0.4 is 9.47 Å². The van der Waals surface area contributed by atoms with Crippen LogP contribution in [0.4, 0.5) is 0 Å². The molecule has 0 saturated heterocycles. The van der Waals surface area contributed by atoms with Gasteiger partial charge >= 0.3 is 17.9 Å². The van der Waals surface area contributed by atoms with Crippen LogP contribution in [0.15, 0.2) is 17.9 Å². The molecule has 4 atom stereocenters. The van der Waals surface area contributed by atoms with Gasteiger partial charge in [-0.1, -0.05) is 0 Å². The van der Waals surface area contributed by atoms with Crippen molar-refractivity contribution in [2.75, 3.05) is 28.4 Å². The molecule has 0 spiro atoms. The SMILES string of the molecule is COC(=O)c1c(O)c2c(c(-c3c4c(c(O)c5c(OC)cc(OC)cc35)CO[C@H](C)[C@@H]4O)c1/C=C(\OC)C(=O)O)[C@H](OC(C)=O)[C@@H](C)OC2. The minimum Gasteiger partial charge on any atom is -0.507 e. The van der Waals surface area contributed by atoms with E-state index in [1.54, 1.807) is 26.0 Å². The van der Waals surface area contributed by atoms with E-state index >= 15 is 0 Å². The monoisotopic (exact) mass is 668 g/mol. The molecule has 2 heterocycles. The van der Waals surface area contributed by atoms with Crippen molar-refractivity contribution in [2.24, 2.45) is 0 Å². The Morgan fingerprint density at radius 1 is 0.875 bits per heavy atom. The molecule has 0 radical (unpaired) electrons. The van der Waals surface area contributed by atoms with Crippen molar-refractivity contribution in [2.45, 2.75) is 58.4 Å². The number of hydrogen-bond acceptors (Lipinski definition) is 13. The van der Waals surface area contributed by atoms with E-state index in [2.05, 4.69) is 0 Å². The third kappa shape index (κ3) is 5.51. The Morgan fingerprint density at radius 3 is 2.08 bits per heavy atom. The predicted octanol–water partition coefficient (Wildman–Crippen LogP) is 4.27. The summed E-state index contributed by atoms with van der Waals surface area (Å²) in [6.45, 7) is 4.04. The van der Waals surface area contributed by atoms with Gasteiger partial charge < -0.3 is 53.6 Å². The highest BCUT2D eigenvalue weighted by Crippen LogP contribution is 2.55. The van der Waals surface area contributed by atoms with Gasteiger partial charge in [0.1, 0.15) is 34.7 Å². The number of benzene rings is 3. The number of phenolic OH excluding ortho intramolecular Hbond substituents is 2. The van der Waals surface area contributed by atoms with Gasteiger partial charge in [0, 0.05) is 46.2 Å². The van der Waals surface area contributed by atoms with Crippen LogP contribution in [-0.2, 0) is 46.5 Å². The predicted molar refractivity (Wildman–Crippen MR) is 168 cm³/mol. The standard InChI is InChI=1S/C34H36O14/c1-13-29(36)26-19(11-46-13)30(37)23-17(8-16(42-4)9-21(23)43-5)24(26)25-18(10-22(44-6)33(39)40)28(34(41)45-7)31(38)20-12-47-14(2)32(27(20)25)48-15(3)35/h8-10,13-14,29,32,36-38H,11-12H2,1-7H3,(H,39,40)/b22-10-/t13-,14-,29+,32-/m1/s1. The molecule has 0 aromatic heterocycles. The van der Waals surface area contributed by atoms with Gasteiger partial charge in [0.15, 0.2) is 6.10 Å². The van der Waals surface area contributed by atoms with E-state index in [0.717, 1.165) is 20.3 Å². The van der Waals surface area contributed by atoms with Crippen LogP contribution in [0.2, 0.25) is 0 Å². The van der Waals surface area contributed by atoms with Crippen molar-refractivity contribution in [1.29, 1.82) is 0 Å². The zero-order chi connectivity index (χ0) is 35.2. The number of hydrogen-bond donors (Lipinski definition) is 4. The zero-order valence-electron chi connectivity index (χ0n) is 27.3. The van der Waals surface area contributed by atoms with Crippen molar-refractivity contribution >= 4 is 34.8 Å². The van der Waals surface area contributed by atoms with Crippen LogP contribution in [0, 0.1) is 0 Å². The van der Waals surface area contributed by atoms with Crippen LogP contribution in [0.1, 0.15) is 71.2 Å². The Bertz CT molecular complexity index is 1860. The van der Waals surface area contributed by atoms with Gasteiger partial charge in [-0.25, -0.2) is 9.59 Å². The van der Waals surface area contributed by atoms with E-state index < -0.39 is 59.4 Å². The number of carbonyl (C=O) groups is 3. The molecule has 0 fully saturated rings. The van der Waals surface area contributed by atoms with E-state index in [0.29, 0.717) is 0 Å². The quantitative estimate of drug-likeness (QED) is 0.151. The van der Waals surface area contributed by atoms with E-state index in [1.807, 2.05) is 0 Å². The topological polar surface area (TPSA) is 197 Å². The molecule has 4 N–H and O–H groups in total. The summed E-state index contributed by atoms with van der Waals surface area (Å²) in [5, 5.41) is 45.7. The number of phenols is 2. The molecule has 14 heteroatoms. The molecule has 0 saturated carbocycles. The molecule has 0 unspecified atom stereocenters. The first-order chi connectivity index (χ1) is 22.8. The Kier molecular flexibility index (Phi) is 9.44. The molecule has 48 heavy (non-hydrogen) atoms. The normalized spacial score (nSPS) is 20.4. The Balaban J connectivity index is 2.19. The number of fused-ring (bicyclic) bond motifs is 3. The third-order valence-corrected chi connectivity index (χ3v) is 8.64. The molecule has 2 aliphatic rings. The first-order valence-corrected chi connectivity index (χ1v) is 14.8. The number of carbonyl (C=O) groups excluding carboxylic acids is 2. The first-order valence-electron chi connectivity index (χ1n) is 14.8. The fourth-order valence-electron chi connectivity index (χ4n) is 6.39. The van der Waals surface area contributed by atoms with E-state index in [1.165, 1.54) is 21.1 Å². The number of carboxylic acids is 1. The molecule has 0 amide bonds. The molecule has 14 nitrogen and oxygen atoms in total. The molecule has 3 aromatic carbocycles. The second-order valence-electron chi connectivity index (χ2n) is 11.3. The summed E-state index contributed by atoms with van der Waals surface area (Å²) in [5.74, 6) is -4.30. The highest BCUT2D eigenvalue weighted by Gasteiger charge is 2.42. The van der Waals surface area contributed by atoms with Gasteiger partial charge in [-0.15, -0.1) is 0 Å². The number of aliphatic hydroxyl groups excluding tert-OH is 1. The highest BCUT2D eigenvalue weighted by atomic mass is 16.6. The minimum atomic E-state index is -1.51. The summed E-state index contributed by atoms with van der Waals surface area (Å²) in [6, 6.07) is 3.11. The minimum absolute atomic E-state index is 0.0422. The molecule has 2 aliphatic heterocycles. The van der Waals surface area contributed by atoms with Crippen LogP contribution >= 0.6 is 0 Å². The van der Waals surface area contributed by atoms with Crippen molar-refractivity contribution in [3.05, 3.63) is 51.3 Å². The zero-order valence-corrected chi connectivity index (χ0v) is 27.3. The van der Waals surface area contributed by atoms with E-state index in [9.17, 15) is 34.8 Å². The van der Waals surface area contributed by atoms with Crippen molar-refractivity contribution < 1.29 is 68.0 Å². The molecule has 5 rings (SSSR count). The summed E-state index contributed by atoms with van der Waals surface area (Å²) in [6.07, 6.45) is -3.18. The first kappa shape index (κ1) is 34.3. The van der Waals surface area contributed by atoms with Gasteiger partial charge in [-0.05, 0) is 37.1 Å². The average Bonchev–Trinajstić information content (AvgIpc) is 3.06. The molecule has 0 aliphatic carbocycles. The Labute approximate surface area is 274 Å². The lowest BCUT2D eigenvalue weighted by molar-refractivity contribution is -0.157. The maximum absolute atomic E-state index is 13.5. The number of carboxylic acid groups (broad SMARTS) is 1. The summed E-state index contributed by atoms with van der Waals surface area (Å²) in [7, 11) is 5.01. The number of esters is 2. The van der Waals surface area contributed by atoms with Crippen molar-refractivity contribution in [1.82, 2.24) is 0 Å². The maximum atomic E-state index is 13.5. The van der Waals surface area contributed by atoms with Crippen LogP contribution in [0.5, 0.6) is 23.0 Å². The highest BCUT2D eigenvalue weighted by molar-refractivity contribution is 6.11. The van der Waals surface area contributed by atoms with Gasteiger partial charge in [-0.3, -0.25) is 4.79 Å². The van der Waals surface area contributed by atoms with E-state index in [4.69, 9.17) is 33.2 Å². The average molecular weight is 669 g/mol. The molecule has 3 aromatic rings. The smallest absolute Gasteiger partial charge is 0.371 e. The second kappa shape index (κ2) is 13.2. The Hall–Kier alpha value is -5.05. The Morgan fingerprint density at radius 2 is 1.52 bits per heavy atom. The molecule has 0 bridgehead atoms. The lowest BCUT2D eigenvalue weighted by Crippen LogP contribution is -2.31. The van der Waals surface area contributed by atoms with Gasteiger partial charge in [-0.2, -0.15) is 0 Å². The number of ether oxygens (including phenoxy) is 7. The number of aliphatic carboxylic acids is 1. The summed E-state index contributed by atoms with van der Waals surface area (Å²) >= 11 is 0. The maximum Gasteiger partial charge on any atom is 0.371 e. The number of rotatable bonds is 8. The van der Waals surface area contributed by atoms with Gasteiger partial charge in [0.25, 0.3) is 0 Å². The lowest BCUT2D eigenvalue weighted by Gasteiger charge is -2.37. The van der Waals surface area contributed by atoms with Crippen LogP contribution in [-0.4, -0.2) is 79.0 Å². The van der Waals surface area contributed by atoms with Crippen LogP contribution in [0.3, 0.4) is 0 Å². The second-order valence-corrected chi connectivity index (χ2v) is 11.3. The lowest BCUT2D eigenvalue weighted by atomic mass is 9.76. The molecular weight excluding hydrogens is 632 g/mol. The summed E-state index contributed by atoms with van der Waals surface area (Å²) in [4.78, 5) is 38.4. The summed E-state index contributed by atoms with van der Waals surface area (Å²) < 4.78 is 39.0. The fraction of sp³-hybridized carbons (Fsp3) is 0.382. The number of methoxy groups -OCH3 is 4. The van der Waals surface area contributed by atoms with Gasteiger partial charge in [0.2, 0.25) is 5.76 Å². The largest absolute Gasteiger partial charge is 0.507 e. The van der Waals surface area contributed by atoms with Crippen molar-refractivity contribution in [3.8, 4) is 34.1 Å². The molecule has 256 valence electrons. The number of aromatic hydroxyl groups is 2. The van der Waals surface area contributed by atoms with E-state index in [-0.39, 0.29) is 80.2 Å². The van der Waals surface area contributed by atoms with Gasteiger partial charge in [0.05, 0.1) is 59.2 Å². The van der Waals surface area contributed by atoms with Crippen molar-refractivity contribution in [3.63, 3.8) is 0 Å². The fourth-order valence-corrected chi connectivity index (χ4v) is 6.39. The summed E-state index contributed by atoms with van der Waals surface area (Å²) in [5.41, 5.74) is 0.124. The van der Waals surface area contributed by atoms with Crippen LogP contribution in [0.25, 0.3) is 28.0 Å². The third-order valence-electron chi connectivity index (χ3n) is 8.64. The number of aliphatic hydroxyl groups is 1.